The fourth-order valence-corrected chi connectivity index (χ4v) is 4.49. The third-order valence-corrected chi connectivity index (χ3v) is 6.19. The Kier molecular flexibility index (Phi) is 4.95. The number of para-hydroxylation sites is 1. The average molecular weight is 429 g/mol. The minimum absolute atomic E-state index is 0.108. The lowest BCUT2D eigenvalue weighted by Gasteiger charge is -2.11. The lowest BCUT2D eigenvalue weighted by atomic mass is 10.2. The zero-order valence-corrected chi connectivity index (χ0v) is 18.0. The van der Waals surface area contributed by atoms with Crippen molar-refractivity contribution in [2.75, 3.05) is 7.11 Å². The van der Waals surface area contributed by atoms with Crippen LogP contribution in [-0.4, -0.2) is 26.3 Å². The predicted molar refractivity (Wildman–Crippen MR) is 123 cm³/mol. The van der Waals surface area contributed by atoms with Gasteiger partial charge in [-0.05, 0) is 48.9 Å². The minimum Gasteiger partial charge on any atom is -0.497 e. The molecule has 7 heteroatoms. The van der Waals surface area contributed by atoms with Crippen LogP contribution in [0.4, 0.5) is 0 Å². The van der Waals surface area contributed by atoms with E-state index in [9.17, 15) is 4.79 Å². The summed E-state index contributed by atoms with van der Waals surface area (Å²) in [7, 11) is 1.66. The molecule has 2 heterocycles. The van der Waals surface area contributed by atoms with Gasteiger partial charge in [-0.1, -0.05) is 53.7 Å². The second-order valence-corrected chi connectivity index (χ2v) is 8.19. The first kappa shape index (κ1) is 19.4. The smallest absolute Gasteiger partial charge is 0.267 e. The number of thioether (sulfide) groups is 1. The Morgan fingerprint density at radius 1 is 0.968 bits per heavy atom. The maximum Gasteiger partial charge on any atom is 0.267 e. The van der Waals surface area contributed by atoms with Gasteiger partial charge in [-0.2, -0.15) is 0 Å². The number of benzene rings is 3. The molecule has 0 amide bonds. The highest BCUT2D eigenvalue weighted by Crippen LogP contribution is 2.26. The highest BCUT2D eigenvalue weighted by molar-refractivity contribution is 7.98. The van der Waals surface area contributed by atoms with Crippen LogP contribution in [0.2, 0.25) is 0 Å². The molecule has 0 aliphatic rings. The van der Waals surface area contributed by atoms with E-state index in [2.05, 4.69) is 16.3 Å². The molecule has 6 nitrogen and oxygen atoms in total. The van der Waals surface area contributed by atoms with Crippen LogP contribution in [0.15, 0.2) is 82.7 Å². The van der Waals surface area contributed by atoms with Crippen LogP contribution in [0.1, 0.15) is 11.1 Å². The molecule has 0 saturated heterocycles. The largest absolute Gasteiger partial charge is 0.497 e. The highest BCUT2D eigenvalue weighted by Gasteiger charge is 2.18. The first-order valence-corrected chi connectivity index (χ1v) is 10.9. The number of nitrogens with zero attached hydrogens (tertiary/aromatic N) is 4. The van der Waals surface area contributed by atoms with Gasteiger partial charge < -0.3 is 4.74 Å². The fourth-order valence-electron chi connectivity index (χ4n) is 3.61. The van der Waals surface area contributed by atoms with Crippen LogP contribution >= 0.6 is 11.8 Å². The standard InChI is InChI=1S/C24H20N4O2S/c1-16-10-12-18(13-11-16)27-22(29)20-8-3-4-9-21(20)28-23(27)25-26-24(28)31-15-17-6-5-7-19(14-17)30-2/h3-14H,15H2,1-2H3. The van der Waals surface area contributed by atoms with E-state index >= 15 is 0 Å². The molecule has 31 heavy (non-hydrogen) atoms. The Morgan fingerprint density at radius 3 is 2.58 bits per heavy atom. The third kappa shape index (κ3) is 3.47. The second kappa shape index (κ2) is 7.92. The number of hydrogen-bond donors (Lipinski definition) is 0. The van der Waals surface area contributed by atoms with Crippen molar-refractivity contribution in [3.8, 4) is 11.4 Å². The van der Waals surface area contributed by atoms with Crippen LogP contribution in [0, 0.1) is 6.92 Å². The van der Waals surface area contributed by atoms with Crippen LogP contribution in [0.5, 0.6) is 5.75 Å². The van der Waals surface area contributed by atoms with Gasteiger partial charge in [-0.25, -0.2) is 4.57 Å². The molecule has 0 N–H and O–H groups in total. The summed E-state index contributed by atoms with van der Waals surface area (Å²) in [5.41, 5.74) is 3.71. The second-order valence-electron chi connectivity index (χ2n) is 7.25. The maximum atomic E-state index is 13.3. The van der Waals surface area contributed by atoms with Crippen molar-refractivity contribution >= 4 is 28.4 Å². The summed E-state index contributed by atoms with van der Waals surface area (Å²) in [5, 5.41) is 10.2. The topological polar surface area (TPSA) is 61.4 Å². The molecule has 2 aromatic heterocycles. The van der Waals surface area contributed by atoms with Crippen LogP contribution < -0.4 is 10.3 Å². The predicted octanol–water partition coefficient (Wildman–Crippen LogP) is 4.64. The molecule has 0 aliphatic carbocycles. The SMILES string of the molecule is COc1cccc(CSc2nnc3n(-c4ccc(C)cc4)c(=O)c4ccccc4n23)c1. The zero-order valence-electron chi connectivity index (χ0n) is 17.1. The number of ether oxygens (including phenoxy) is 1. The molecule has 0 bridgehead atoms. The number of rotatable bonds is 5. The van der Waals surface area contributed by atoms with Crippen molar-refractivity contribution in [1.82, 2.24) is 19.2 Å². The summed E-state index contributed by atoms with van der Waals surface area (Å²) in [6.45, 7) is 2.02. The summed E-state index contributed by atoms with van der Waals surface area (Å²) >= 11 is 1.57. The van der Waals surface area contributed by atoms with Crippen LogP contribution in [0.25, 0.3) is 22.4 Å². The van der Waals surface area contributed by atoms with E-state index in [1.807, 2.05) is 78.1 Å². The Labute approximate surface area is 183 Å². The molecule has 154 valence electrons. The Balaban J connectivity index is 1.67. The molecular formula is C24H20N4O2S. The van der Waals surface area contributed by atoms with E-state index in [0.29, 0.717) is 16.9 Å². The van der Waals surface area contributed by atoms with Crippen molar-refractivity contribution in [1.29, 1.82) is 0 Å². The van der Waals surface area contributed by atoms with Crippen LogP contribution in [-0.2, 0) is 5.75 Å². The van der Waals surface area contributed by atoms with Gasteiger partial charge in [0.2, 0.25) is 5.78 Å². The van der Waals surface area contributed by atoms with Gasteiger partial charge >= 0.3 is 0 Å². The fraction of sp³-hybridized carbons (Fsp3) is 0.125. The number of methoxy groups -OCH3 is 1. The van der Waals surface area contributed by atoms with Gasteiger partial charge in [0.05, 0.1) is 23.7 Å². The number of aryl methyl sites for hydroxylation is 1. The monoisotopic (exact) mass is 428 g/mol. The molecule has 0 saturated carbocycles. The van der Waals surface area contributed by atoms with Crippen molar-refractivity contribution in [2.45, 2.75) is 17.8 Å². The first-order valence-electron chi connectivity index (χ1n) is 9.87. The van der Waals surface area contributed by atoms with Crippen molar-refractivity contribution < 1.29 is 4.74 Å². The molecule has 0 unspecified atom stereocenters. The van der Waals surface area contributed by atoms with Crippen molar-refractivity contribution in [3.05, 3.63) is 94.3 Å². The van der Waals surface area contributed by atoms with Gasteiger partial charge in [-0.3, -0.25) is 9.20 Å². The highest BCUT2D eigenvalue weighted by atomic mass is 32.2. The Morgan fingerprint density at radius 2 is 1.77 bits per heavy atom. The van der Waals surface area contributed by atoms with Gasteiger partial charge in [0, 0.05) is 5.75 Å². The zero-order chi connectivity index (χ0) is 21.4. The van der Waals surface area contributed by atoms with E-state index in [1.165, 1.54) is 0 Å². The third-order valence-electron chi connectivity index (χ3n) is 5.19. The molecule has 0 radical (unpaired) electrons. The first-order chi connectivity index (χ1) is 15.2. The average Bonchev–Trinajstić information content (AvgIpc) is 3.23. The number of fused-ring (bicyclic) bond motifs is 3. The molecule has 0 aliphatic heterocycles. The van der Waals surface area contributed by atoms with E-state index in [0.717, 1.165) is 33.2 Å². The summed E-state index contributed by atoms with van der Waals surface area (Å²) in [6.07, 6.45) is 0. The summed E-state index contributed by atoms with van der Waals surface area (Å²) < 4.78 is 8.91. The quantitative estimate of drug-likeness (QED) is 0.382. The molecule has 5 rings (SSSR count). The normalized spacial score (nSPS) is 11.3. The number of aromatic nitrogens is 4. The number of hydrogen-bond acceptors (Lipinski definition) is 5. The van der Waals surface area contributed by atoms with Gasteiger partial charge in [0.25, 0.3) is 5.56 Å². The maximum absolute atomic E-state index is 13.3. The van der Waals surface area contributed by atoms with Crippen LogP contribution in [0.3, 0.4) is 0 Å². The van der Waals surface area contributed by atoms with Crippen molar-refractivity contribution in [2.24, 2.45) is 0 Å². The summed E-state index contributed by atoms with van der Waals surface area (Å²) in [6, 6.07) is 23.4. The minimum atomic E-state index is -0.108. The summed E-state index contributed by atoms with van der Waals surface area (Å²) in [5.74, 6) is 2.03. The van der Waals surface area contributed by atoms with E-state index in [-0.39, 0.29) is 5.56 Å². The van der Waals surface area contributed by atoms with Gasteiger partial charge in [-0.15, -0.1) is 10.2 Å². The van der Waals surface area contributed by atoms with E-state index < -0.39 is 0 Å². The molecule has 0 atom stereocenters. The molecular weight excluding hydrogens is 408 g/mol. The van der Waals surface area contributed by atoms with Crippen molar-refractivity contribution in [3.63, 3.8) is 0 Å². The molecule has 5 aromatic rings. The van der Waals surface area contributed by atoms with Gasteiger partial charge in [0.15, 0.2) is 5.16 Å². The summed E-state index contributed by atoms with van der Waals surface area (Å²) in [4.78, 5) is 13.3. The lowest BCUT2D eigenvalue weighted by molar-refractivity contribution is 0.414. The lowest BCUT2D eigenvalue weighted by Crippen LogP contribution is -2.21. The Bertz CT molecular complexity index is 1450. The Hall–Kier alpha value is -3.58. The molecule has 3 aromatic carbocycles. The molecule has 0 spiro atoms. The molecule has 0 fully saturated rings. The van der Waals surface area contributed by atoms with E-state index in [4.69, 9.17) is 4.74 Å². The van der Waals surface area contributed by atoms with E-state index in [1.54, 1.807) is 23.4 Å². The van der Waals surface area contributed by atoms with Gasteiger partial charge in [0.1, 0.15) is 5.75 Å².